The van der Waals surface area contributed by atoms with Crippen LogP contribution in [0.4, 0.5) is 10.1 Å². The van der Waals surface area contributed by atoms with Gasteiger partial charge in [-0.3, -0.25) is 9.59 Å². The molecule has 1 heterocycles. The molecule has 1 unspecified atom stereocenters. The van der Waals surface area contributed by atoms with Crippen molar-refractivity contribution in [3.8, 4) is 0 Å². The molecule has 0 aliphatic carbocycles. The van der Waals surface area contributed by atoms with Crippen LogP contribution in [0.3, 0.4) is 0 Å². The van der Waals surface area contributed by atoms with Crippen molar-refractivity contribution in [1.82, 2.24) is 4.90 Å². The Kier molecular flexibility index (Phi) is 5.04. The van der Waals surface area contributed by atoms with Crippen molar-refractivity contribution in [3.63, 3.8) is 0 Å². The first kappa shape index (κ1) is 17.4. The number of hydrogen-bond acceptors (Lipinski definition) is 2. The molecule has 25 heavy (non-hydrogen) atoms. The van der Waals surface area contributed by atoms with E-state index in [0.717, 1.165) is 12.0 Å². The Bertz CT molecular complexity index is 808. The van der Waals surface area contributed by atoms with Crippen LogP contribution in [0.2, 0.25) is 5.02 Å². The third kappa shape index (κ3) is 3.82. The molecular weight excluding hydrogens is 343 g/mol. The Morgan fingerprint density at radius 1 is 1.20 bits per heavy atom. The van der Waals surface area contributed by atoms with E-state index in [-0.39, 0.29) is 11.8 Å². The van der Waals surface area contributed by atoms with Gasteiger partial charge in [-0.2, -0.15) is 0 Å². The van der Waals surface area contributed by atoms with Crippen molar-refractivity contribution in [2.45, 2.75) is 25.8 Å². The maximum atomic E-state index is 13.0. The van der Waals surface area contributed by atoms with Crippen molar-refractivity contribution in [3.05, 3.63) is 64.4 Å². The molecule has 1 aliphatic rings. The summed E-state index contributed by atoms with van der Waals surface area (Å²) in [7, 11) is 0. The molecule has 2 aromatic rings. The lowest BCUT2D eigenvalue weighted by Crippen LogP contribution is -2.43. The third-order valence-electron chi connectivity index (χ3n) is 4.36. The van der Waals surface area contributed by atoms with Crippen LogP contribution in [0.5, 0.6) is 0 Å². The normalized spacial score (nSPS) is 16.8. The van der Waals surface area contributed by atoms with Crippen LogP contribution in [0.15, 0.2) is 42.5 Å². The zero-order chi connectivity index (χ0) is 18.0. The molecule has 1 fully saturated rings. The summed E-state index contributed by atoms with van der Waals surface area (Å²) < 4.78 is 13.0. The second kappa shape index (κ2) is 7.23. The van der Waals surface area contributed by atoms with Crippen molar-refractivity contribution >= 4 is 29.1 Å². The fourth-order valence-corrected chi connectivity index (χ4v) is 3.16. The van der Waals surface area contributed by atoms with Gasteiger partial charge in [0.25, 0.3) is 5.91 Å². The van der Waals surface area contributed by atoms with Crippen LogP contribution < -0.4 is 5.32 Å². The molecule has 1 N–H and O–H groups in total. The largest absolute Gasteiger partial charge is 0.327 e. The zero-order valence-electron chi connectivity index (χ0n) is 13.8. The van der Waals surface area contributed by atoms with E-state index in [1.807, 2.05) is 13.0 Å². The SMILES string of the molecule is Cc1ccc(Cl)cc1NC(=O)C1CCCN1C(=O)c1ccc(F)cc1. The maximum Gasteiger partial charge on any atom is 0.254 e. The number of aryl methyl sites for hydroxylation is 1. The lowest BCUT2D eigenvalue weighted by Gasteiger charge is -2.24. The molecule has 0 saturated carbocycles. The fourth-order valence-electron chi connectivity index (χ4n) is 2.99. The molecular formula is C19H18ClFN2O2. The Hall–Kier alpha value is -2.40. The van der Waals surface area contributed by atoms with Crippen molar-refractivity contribution in [1.29, 1.82) is 0 Å². The van der Waals surface area contributed by atoms with Gasteiger partial charge in [0.15, 0.2) is 0 Å². The number of nitrogens with one attached hydrogen (secondary N) is 1. The van der Waals surface area contributed by atoms with Gasteiger partial charge in [-0.15, -0.1) is 0 Å². The molecule has 0 aromatic heterocycles. The van der Waals surface area contributed by atoms with E-state index in [1.165, 1.54) is 24.3 Å². The van der Waals surface area contributed by atoms with E-state index in [0.29, 0.717) is 29.2 Å². The van der Waals surface area contributed by atoms with Gasteiger partial charge in [-0.1, -0.05) is 17.7 Å². The van der Waals surface area contributed by atoms with Crippen molar-refractivity contribution in [2.75, 3.05) is 11.9 Å². The summed E-state index contributed by atoms with van der Waals surface area (Å²) in [5, 5.41) is 3.39. The molecule has 2 aromatic carbocycles. The fraction of sp³-hybridized carbons (Fsp3) is 0.263. The topological polar surface area (TPSA) is 49.4 Å². The van der Waals surface area contributed by atoms with Crippen LogP contribution in [0.25, 0.3) is 0 Å². The number of carbonyl (C=O) groups is 2. The highest BCUT2D eigenvalue weighted by Gasteiger charge is 2.34. The van der Waals surface area contributed by atoms with Crippen LogP contribution in [-0.2, 0) is 4.79 Å². The summed E-state index contributed by atoms with van der Waals surface area (Å²) >= 11 is 5.99. The summed E-state index contributed by atoms with van der Waals surface area (Å²) in [6.07, 6.45) is 1.35. The van der Waals surface area contributed by atoms with Gasteiger partial charge < -0.3 is 10.2 Å². The highest BCUT2D eigenvalue weighted by molar-refractivity contribution is 6.31. The first-order valence-corrected chi connectivity index (χ1v) is 8.47. The molecule has 0 bridgehead atoms. The molecule has 0 radical (unpaired) electrons. The number of hydrogen-bond donors (Lipinski definition) is 1. The summed E-state index contributed by atoms with van der Waals surface area (Å²) in [6.45, 7) is 2.38. The Balaban J connectivity index is 1.76. The molecule has 1 saturated heterocycles. The average molecular weight is 361 g/mol. The number of likely N-dealkylation sites (tertiary alicyclic amines) is 1. The monoisotopic (exact) mass is 360 g/mol. The number of rotatable bonds is 3. The number of anilines is 1. The second-order valence-electron chi connectivity index (χ2n) is 6.11. The number of benzene rings is 2. The van der Waals surface area contributed by atoms with E-state index in [4.69, 9.17) is 11.6 Å². The van der Waals surface area contributed by atoms with Crippen molar-refractivity contribution in [2.24, 2.45) is 0 Å². The lowest BCUT2D eigenvalue weighted by atomic mass is 10.1. The molecule has 2 amide bonds. The van der Waals surface area contributed by atoms with Gasteiger partial charge in [0.1, 0.15) is 11.9 Å². The van der Waals surface area contributed by atoms with E-state index in [9.17, 15) is 14.0 Å². The molecule has 3 rings (SSSR count). The summed E-state index contributed by atoms with van der Waals surface area (Å²) in [4.78, 5) is 26.9. The first-order valence-electron chi connectivity index (χ1n) is 8.09. The maximum absolute atomic E-state index is 13.0. The third-order valence-corrected chi connectivity index (χ3v) is 4.60. The van der Waals surface area contributed by atoms with Gasteiger partial charge in [0.05, 0.1) is 0 Å². The predicted molar refractivity (Wildman–Crippen MR) is 95.3 cm³/mol. The summed E-state index contributed by atoms with van der Waals surface area (Å²) in [5.74, 6) is -0.900. The van der Waals surface area contributed by atoms with Crippen LogP contribution in [0, 0.1) is 12.7 Å². The lowest BCUT2D eigenvalue weighted by molar-refractivity contribution is -0.119. The van der Waals surface area contributed by atoms with E-state index >= 15 is 0 Å². The Morgan fingerprint density at radius 2 is 1.92 bits per heavy atom. The van der Waals surface area contributed by atoms with Crippen LogP contribution in [-0.4, -0.2) is 29.3 Å². The minimum Gasteiger partial charge on any atom is -0.327 e. The average Bonchev–Trinajstić information content (AvgIpc) is 3.08. The van der Waals surface area contributed by atoms with Crippen LogP contribution >= 0.6 is 11.6 Å². The number of carbonyl (C=O) groups excluding carboxylic acids is 2. The zero-order valence-corrected chi connectivity index (χ0v) is 14.5. The molecule has 6 heteroatoms. The minimum atomic E-state index is -0.545. The molecule has 1 atom stereocenters. The van der Waals surface area contributed by atoms with E-state index in [1.54, 1.807) is 17.0 Å². The predicted octanol–water partition coefficient (Wildman–Crippen LogP) is 4.03. The number of halogens is 2. The molecule has 130 valence electrons. The Labute approximate surface area is 150 Å². The van der Waals surface area contributed by atoms with Gasteiger partial charge in [-0.25, -0.2) is 4.39 Å². The molecule has 4 nitrogen and oxygen atoms in total. The molecule has 0 spiro atoms. The second-order valence-corrected chi connectivity index (χ2v) is 6.55. The summed E-state index contributed by atoms with van der Waals surface area (Å²) in [6, 6.07) is 10.1. The van der Waals surface area contributed by atoms with Gasteiger partial charge in [-0.05, 0) is 61.7 Å². The Morgan fingerprint density at radius 3 is 2.64 bits per heavy atom. The summed E-state index contributed by atoms with van der Waals surface area (Å²) in [5.41, 5.74) is 1.91. The molecule has 1 aliphatic heterocycles. The number of amides is 2. The quantitative estimate of drug-likeness (QED) is 0.898. The first-order chi connectivity index (χ1) is 12.0. The minimum absolute atomic E-state index is 0.238. The van der Waals surface area contributed by atoms with E-state index in [2.05, 4.69) is 5.32 Å². The van der Waals surface area contributed by atoms with Gasteiger partial charge in [0, 0.05) is 22.8 Å². The highest BCUT2D eigenvalue weighted by atomic mass is 35.5. The number of nitrogens with zero attached hydrogens (tertiary/aromatic N) is 1. The van der Waals surface area contributed by atoms with Crippen LogP contribution in [0.1, 0.15) is 28.8 Å². The van der Waals surface area contributed by atoms with Gasteiger partial charge in [0.2, 0.25) is 5.91 Å². The smallest absolute Gasteiger partial charge is 0.254 e. The van der Waals surface area contributed by atoms with Crippen molar-refractivity contribution < 1.29 is 14.0 Å². The van der Waals surface area contributed by atoms with E-state index < -0.39 is 11.9 Å². The van der Waals surface area contributed by atoms with Gasteiger partial charge >= 0.3 is 0 Å². The standard InChI is InChI=1S/C19H18ClFN2O2/c1-12-4-7-14(20)11-16(12)22-18(24)17-3-2-10-23(17)19(25)13-5-8-15(21)9-6-13/h4-9,11,17H,2-3,10H2,1H3,(H,22,24). The highest BCUT2D eigenvalue weighted by Crippen LogP contribution is 2.24.